The van der Waals surface area contributed by atoms with Gasteiger partial charge in [0, 0.05) is 0 Å². The lowest BCUT2D eigenvalue weighted by atomic mass is 10.7. The van der Waals surface area contributed by atoms with E-state index >= 15 is 0 Å². The van der Waals surface area contributed by atoms with Gasteiger partial charge in [-0.05, 0) is 6.92 Å². The van der Waals surface area contributed by atoms with Gasteiger partial charge in [-0.15, -0.1) is 0 Å². The molecule has 7 heavy (non-hydrogen) atoms. The summed E-state index contributed by atoms with van der Waals surface area (Å²) >= 11 is 0. The Balaban J connectivity index is 3.55. The third-order valence-corrected chi connectivity index (χ3v) is 0.526. The SMILES string of the molecule is CC(=N)N(N)C=N. The Morgan fingerprint density at radius 2 is 2.29 bits per heavy atom. The van der Waals surface area contributed by atoms with Gasteiger partial charge in [0.05, 0.1) is 0 Å². The fraction of sp³-hybridized carbons (Fsp3) is 0.333. The molecule has 0 bridgehead atoms. The molecule has 0 aliphatic heterocycles. The van der Waals surface area contributed by atoms with Crippen LogP contribution in [0.15, 0.2) is 0 Å². The van der Waals surface area contributed by atoms with Crippen molar-refractivity contribution in [2.24, 2.45) is 5.84 Å². The number of amidine groups is 1. The first kappa shape index (κ1) is 6.10. The molecule has 4 nitrogen and oxygen atoms in total. The average Bonchev–Trinajstić information content (AvgIpc) is 1.65. The highest BCUT2D eigenvalue weighted by atomic mass is 15.4. The van der Waals surface area contributed by atoms with E-state index in [1.165, 1.54) is 6.92 Å². The van der Waals surface area contributed by atoms with E-state index in [1.807, 2.05) is 0 Å². The van der Waals surface area contributed by atoms with Crippen LogP contribution in [-0.2, 0) is 0 Å². The van der Waals surface area contributed by atoms with Crippen LogP contribution >= 0.6 is 0 Å². The van der Waals surface area contributed by atoms with Gasteiger partial charge in [-0.25, -0.2) is 5.84 Å². The average molecular weight is 100 g/mol. The maximum absolute atomic E-state index is 6.75. The van der Waals surface area contributed by atoms with Crippen LogP contribution < -0.4 is 5.84 Å². The van der Waals surface area contributed by atoms with Gasteiger partial charge in [-0.2, -0.15) is 0 Å². The van der Waals surface area contributed by atoms with E-state index < -0.39 is 0 Å². The summed E-state index contributed by atoms with van der Waals surface area (Å²) < 4.78 is 0. The van der Waals surface area contributed by atoms with Gasteiger partial charge in [0.25, 0.3) is 0 Å². The first-order valence-corrected chi connectivity index (χ1v) is 1.78. The third-order valence-electron chi connectivity index (χ3n) is 0.526. The second kappa shape index (κ2) is 2.30. The van der Waals surface area contributed by atoms with Crippen molar-refractivity contribution in [2.75, 3.05) is 0 Å². The van der Waals surface area contributed by atoms with Gasteiger partial charge in [0.15, 0.2) is 0 Å². The number of hydrazine groups is 1. The third kappa shape index (κ3) is 1.88. The highest BCUT2D eigenvalue weighted by Crippen LogP contribution is 1.68. The van der Waals surface area contributed by atoms with E-state index in [2.05, 4.69) is 0 Å². The fourth-order valence-corrected chi connectivity index (χ4v) is 0.0968. The Morgan fingerprint density at radius 1 is 1.86 bits per heavy atom. The van der Waals surface area contributed by atoms with Crippen molar-refractivity contribution in [3.05, 3.63) is 0 Å². The maximum Gasteiger partial charge on any atom is 0.113 e. The molecule has 0 aromatic carbocycles. The molecule has 0 radical (unpaired) electrons. The lowest BCUT2D eigenvalue weighted by Gasteiger charge is -2.05. The summed E-state index contributed by atoms with van der Waals surface area (Å²) in [6.07, 6.45) is 0.877. The zero-order valence-corrected chi connectivity index (χ0v) is 4.10. The topological polar surface area (TPSA) is 77.0 Å². The molecule has 0 amide bonds. The number of nitrogens with one attached hydrogen (secondary N) is 2. The summed E-state index contributed by atoms with van der Waals surface area (Å²) in [5.41, 5.74) is 0. The highest BCUT2D eigenvalue weighted by molar-refractivity contribution is 5.85. The largest absolute Gasteiger partial charge is 0.290 e. The van der Waals surface area contributed by atoms with Gasteiger partial charge in [0.2, 0.25) is 0 Å². The first-order valence-electron chi connectivity index (χ1n) is 1.78. The Kier molecular flexibility index (Phi) is 2.01. The van der Waals surface area contributed by atoms with Crippen molar-refractivity contribution < 1.29 is 0 Å². The van der Waals surface area contributed by atoms with Crippen molar-refractivity contribution in [1.29, 1.82) is 10.8 Å². The van der Waals surface area contributed by atoms with Crippen LogP contribution in [-0.4, -0.2) is 17.2 Å². The van der Waals surface area contributed by atoms with Crippen molar-refractivity contribution in [2.45, 2.75) is 6.92 Å². The predicted molar refractivity (Wildman–Crippen MR) is 28.2 cm³/mol. The highest BCUT2D eigenvalue weighted by Gasteiger charge is 1.87. The number of nitrogens with two attached hydrogens (primary N) is 1. The molecule has 0 aliphatic rings. The Labute approximate surface area is 41.9 Å². The lowest BCUT2D eigenvalue weighted by molar-refractivity contribution is 0.660. The van der Waals surface area contributed by atoms with Crippen LogP contribution in [0.25, 0.3) is 0 Å². The van der Waals surface area contributed by atoms with E-state index in [9.17, 15) is 0 Å². The van der Waals surface area contributed by atoms with Crippen LogP contribution in [0.1, 0.15) is 6.92 Å². The van der Waals surface area contributed by atoms with Gasteiger partial charge in [-0.1, -0.05) is 0 Å². The van der Waals surface area contributed by atoms with E-state index in [-0.39, 0.29) is 5.84 Å². The molecule has 0 aliphatic carbocycles. The monoisotopic (exact) mass is 100 g/mol. The molecule has 0 fully saturated rings. The standard InChI is InChI=1S/C3H8N4/c1-3(5)7(6)2-4/h2,4-5H,6H2,1H3. The second-order valence-electron chi connectivity index (χ2n) is 1.12. The molecule has 0 saturated carbocycles. The number of hydrogen-bond donors (Lipinski definition) is 3. The zero-order chi connectivity index (χ0) is 5.86. The van der Waals surface area contributed by atoms with E-state index in [1.54, 1.807) is 0 Å². The molecule has 0 rings (SSSR count). The summed E-state index contributed by atoms with van der Waals surface area (Å²) in [4.78, 5) is 0. The molecule has 0 aromatic rings. The number of hydrogen-bond acceptors (Lipinski definition) is 3. The van der Waals surface area contributed by atoms with Crippen LogP contribution in [0.4, 0.5) is 0 Å². The summed E-state index contributed by atoms with van der Waals surface area (Å²) in [5.74, 6) is 5.14. The van der Waals surface area contributed by atoms with Crippen molar-refractivity contribution in [3.63, 3.8) is 0 Å². The van der Waals surface area contributed by atoms with Crippen LogP contribution in [0.2, 0.25) is 0 Å². The van der Waals surface area contributed by atoms with Crippen molar-refractivity contribution in [3.8, 4) is 0 Å². The molecule has 0 unspecified atom stereocenters. The zero-order valence-electron chi connectivity index (χ0n) is 4.10. The Hall–Kier alpha value is -0.900. The van der Waals surface area contributed by atoms with Crippen molar-refractivity contribution in [1.82, 2.24) is 5.01 Å². The summed E-state index contributed by atoms with van der Waals surface area (Å²) in [5, 5.41) is 14.1. The van der Waals surface area contributed by atoms with Gasteiger partial charge >= 0.3 is 0 Å². The molecule has 40 valence electrons. The van der Waals surface area contributed by atoms with E-state index in [0.717, 1.165) is 11.3 Å². The van der Waals surface area contributed by atoms with Crippen LogP contribution in [0.5, 0.6) is 0 Å². The van der Waals surface area contributed by atoms with Crippen LogP contribution in [0.3, 0.4) is 0 Å². The maximum atomic E-state index is 6.75. The Morgan fingerprint density at radius 3 is 2.29 bits per heavy atom. The van der Waals surface area contributed by atoms with Gasteiger partial charge in [0.1, 0.15) is 12.2 Å². The molecule has 4 N–H and O–H groups in total. The van der Waals surface area contributed by atoms with Crippen molar-refractivity contribution >= 4 is 12.2 Å². The molecule has 0 spiro atoms. The summed E-state index contributed by atoms with van der Waals surface area (Å²) in [7, 11) is 0. The van der Waals surface area contributed by atoms with Gasteiger partial charge < -0.3 is 0 Å². The van der Waals surface area contributed by atoms with E-state index in [4.69, 9.17) is 16.7 Å². The Bertz CT molecular complexity index is 86.9. The quantitative estimate of drug-likeness (QED) is 0.184. The fourth-order valence-electron chi connectivity index (χ4n) is 0.0968. The smallest absolute Gasteiger partial charge is 0.113 e. The minimum absolute atomic E-state index is 0.162. The normalized spacial score (nSPS) is 7.71. The summed E-state index contributed by atoms with van der Waals surface area (Å²) in [6, 6.07) is 0. The molecule has 0 saturated heterocycles. The molecule has 0 heterocycles. The minimum Gasteiger partial charge on any atom is -0.290 e. The minimum atomic E-state index is 0.162. The molecule has 0 aromatic heterocycles. The molecular weight excluding hydrogens is 92.1 g/mol. The first-order chi connectivity index (χ1) is 3.18. The van der Waals surface area contributed by atoms with Gasteiger partial charge in [-0.3, -0.25) is 15.8 Å². The lowest BCUT2D eigenvalue weighted by Crippen LogP contribution is -2.32. The molecule has 0 atom stereocenters. The molecule has 4 heteroatoms. The summed E-state index contributed by atoms with van der Waals surface area (Å²) in [6.45, 7) is 1.50. The van der Waals surface area contributed by atoms with Crippen LogP contribution in [0, 0.1) is 10.8 Å². The number of rotatable bonds is 1. The van der Waals surface area contributed by atoms with E-state index in [0.29, 0.717) is 0 Å². The predicted octanol–water partition coefficient (Wildman–Crippen LogP) is -0.234. The molecular formula is C3H8N4. The second-order valence-corrected chi connectivity index (χ2v) is 1.12. The number of nitrogens with zero attached hydrogens (tertiary/aromatic N) is 1.